The fourth-order valence-corrected chi connectivity index (χ4v) is 1.72. The number of amides is 3. The first-order valence-electron chi connectivity index (χ1n) is 4.65. The van der Waals surface area contributed by atoms with Crippen LogP contribution in [0.15, 0.2) is 22.7 Å². The summed E-state index contributed by atoms with van der Waals surface area (Å²) in [6, 6.07) is 4.36. The van der Waals surface area contributed by atoms with Crippen molar-refractivity contribution in [2.24, 2.45) is 0 Å². The van der Waals surface area contributed by atoms with Gasteiger partial charge in [0.2, 0.25) is 5.91 Å². The van der Waals surface area contributed by atoms with Gasteiger partial charge >= 0.3 is 6.03 Å². The lowest BCUT2D eigenvalue weighted by molar-refractivity contribution is -0.119. The molecule has 0 spiro atoms. The van der Waals surface area contributed by atoms with Gasteiger partial charge in [-0.1, -0.05) is 27.5 Å². The third kappa shape index (κ3) is 4.93. The minimum atomic E-state index is -0.639. The summed E-state index contributed by atoms with van der Waals surface area (Å²) < 4.78 is 0.768. The minimum Gasteiger partial charge on any atom is -0.306 e. The van der Waals surface area contributed by atoms with Gasteiger partial charge in [0, 0.05) is 16.8 Å². The highest BCUT2D eigenvalue weighted by molar-refractivity contribution is 9.10. The Balaban J connectivity index is 2.62. The molecule has 0 heterocycles. The van der Waals surface area contributed by atoms with Gasteiger partial charge < -0.3 is 5.32 Å². The molecule has 1 aromatic carbocycles. The van der Waals surface area contributed by atoms with Crippen LogP contribution < -0.4 is 10.6 Å². The van der Waals surface area contributed by atoms with Crippen molar-refractivity contribution in [1.82, 2.24) is 5.32 Å². The van der Waals surface area contributed by atoms with Crippen molar-refractivity contribution in [2.75, 3.05) is 11.2 Å². The van der Waals surface area contributed by atoms with Crippen molar-refractivity contribution in [1.29, 1.82) is 0 Å². The number of anilines is 1. The van der Waals surface area contributed by atoms with E-state index in [1.807, 2.05) is 0 Å². The van der Waals surface area contributed by atoms with E-state index in [9.17, 15) is 9.59 Å². The van der Waals surface area contributed by atoms with Crippen molar-refractivity contribution >= 4 is 56.8 Å². The molecule has 17 heavy (non-hydrogen) atoms. The molecule has 0 aliphatic carbocycles. The smallest absolute Gasteiger partial charge is 0.306 e. The second-order valence-electron chi connectivity index (χ2n) is 3.07. The van der Waals surface area contributed by atoms with Gasteiger partial charge in [-0.2, -0.15) is 0 Å². The lowest BCUT2D eigenvalue weighted by Crippen LogP contribution is -2.34. The summed E-state index contributed by atoms with van der Waals surface area (Å²) in [5.74, 6) is -0.278. The highest BCUT2D eigenvalue weighted by atomic mass is 79.9. The zero-order chi connectivity index (χ0) is 12.8. The third-order valence-electron chi connectivity index (χ3n) is 1.75. The molecule has 0 aliphatic heterocycles. The summed E-state index contributed by atoms with van der Waals surface area (Å²) in [7, 11) is 0. The molecule has 0 radical (unpaired) electrons. The number of carbonyl (C=O) groups is 2. The van der Waals surface area contributed by atoms with Gasteiger partial charge in [-0.05, 0) is 18.2 Å². The zero-order valence-corrected chi connectivity index (χ0v) is 11.7. The highest BCUT2D eigenvalue weighted by Gasteiger charge is 2.09. The van der Waals surface area contributed by atoms with E-state index in [0.29, 0.717) is 10.7 Å². The van der Waals surface area contributed by atoms with Crippen LogP contribution in [0.1, 0.15) is 6.42 Å². The highest BCUT2D eigenvalue weighted by Crippen LogP contribution is 2.25. The van der Waals surface area contributed by atoms with Crippen molar-refractivity contribution in [3.8, 4) is 0 Å². The molecule has 0 aliphatic rings. The number of urea groups is 1. The Morgan fingerprint density at radius 2 is 2.06 bits per heavy atom. The molecule has 0 bridgehead atoms. The van der Waals surface area contributed by atoms with Crippen LogP contribution in [0, 0.1) is 0 Å². The van der Waals surface area contributed by atoms with Gasteiger partial charge in [0.15, 0.2) is 0 Å². The van der Waals surface area contributed by atoms with Gasteiger partial charge in [0.05, 0.1) is 10.7 Å². The summed E-state index contributed by atoms with van der Waals surface area (Å²) in [6.45, 7) is 0. The Kier molecular flexibility index (Phi) is 5.74. The molecule has 1 aromatic rings. The van der Waals surface area contributed by atoms with E-state index in [1.54, 1.807) is 18.2 Å². The molecular weight excluding hydrogens is 331 g/mol. The SMILES string of the molecule is O=C(CCCl)NC(=O)Nc1cc(Br)ccc1Cl. The Morgan fingerprint density at radius 1 is 1.35 bits per heavy atom. The van der Waals surface area contributed by atoms with Crippen LogP contribution in [0.2, 0.25) is 5.02 Å². The molecule has 7 heteroatoms. The number of carbonyl (C=O) groups excluding carboxylic acids is 2. The van der Waals surface area contributed by atoms with Gasteiger partial charge in [-0.15, -0.1) is 11.6 Å². The first-order valence-corrected chi connectivity index (χ1v) is 6.35. The van der Waals surface area contributed by atoms with Crippen LogP contribution in [0.4, 0.5) is 10.5 Å². The van der Waals surface area contributed by atoms with E-state index in [2.05, 4.69) is 26.6 Å². The van der Waals surface area contributed by atoms with Gasteiger partial charge in [0.25, 0.3) is 0 Å². The standard InChI is InChI=1S/C10H9BrCl2N2O2/c11-6-1-2-7(13)8(5-6)14-10(17)15-9(16)3-4-12/h1-2,5H,3-4H2,(H2,14,15,16,17). The number of benzene rings is 1. The molecule has 1 rings (SSSR count). The van der Waals surface area contributed by atoms with Gasteiger partial charge in [-0.25, -0.2) is 4.79 Å². The lowest BCUT2D eigenvalue weighted by atomic mass is 10.3. The number of imide groups is 1. The fraction of sp³-hybridized carbons (Fsp3) is 0.200. The van der Waals surface area contributed by atoms with Crippen LogP contribution in [0.5, 0.6) is 0 Å². The predicted molar refractivity (Wildman–Crippen MR) is 71.7 cm³/mol. The molecule has 4 nitrogen and oxygen atoms in total. The second kappa shape index (κ2) is 6.83. The van der Waals surface area contributed by atoms with Crippen LogP contribution in [-0.4, -0.2) is 17.8 Å². The molecular formula is C10H9BrCl2N2O2. The molecule has 0 fully saturated rings. The number of hydrogen-bond donors (Lipinski definition) is 2. The summed E-state index contributed by atoms with van der Waals surface area (Å²) in [5, 5.41) is 4.98. The van der Waals surface area contributed by atoms with Crippen molar-refractivity contribution in [3.63, 3.8) is 0 Å². The molecule has 0 atom stereocenters. The normalized spacial score (nSPS) is 9.82. The van der Waals surface area contributed by atoms with E-state index in [1.165, 1.54) is 0 Å². The van der Waals surface area contributed by atoms with Crippen molar-refractivity contribution in [3.05, 3.63) is 27.7 Å². The van der Waals surface area contributed by atoms with Gasteiger partial charge in [-0.3, -0.25) is 10.1 Å². The van der Waals surface area contributed by atoms with Crippen LogP contribution in [0.3, 0.4) is 0 Å². The first-order chi connectivity index (χ1) is 8.02. The summed E-state index contributed by atoms with van der Waals surface area (Å²) in [5.41, 5.74) is 0.414. The number of alkyl halides is 1. The Bertz CT molecular complexity index is 440. The Hall–Kier alpha value is -0.780. The molecule has 0 saturated heterocycles. The largest absolute Gasteiger partial charge is 0.325 e. The quantitative estimate of drug-likeness (QED) is 0.829. The monoisotopic (exact) mass is 338 g/mol. The maximum absolute atomic E-state index is 11.4. The van der Waals surface area contributed by atoms with E-state index in [4.69, 9.17) is 23.2 Å². The average Bonchev–Trinajstić information content (AvgIpc) is 2.23. The van der Waals surface area contributed by atoms with E-state index >= 15 is 0 Å². The zero-order valence-electron chi connectivity index (χ0n) is 8.60. The average molecular weight is 340 g/mol. The van der Waals surface area contributed by atoms with Crippen LogP contribution in [-0.2, 0) is 4.79 Å². The van der Waals surface area contributed by atoms with E-state index in [0.717, 1.165) is 4.47 Å². The molecule has 2 N–H and O–H groups in total. The van der Waals surface area contributed by atoms with Crippen molar-refractivity contribution < 1.29 is 9.59 Å². The number of nitrogens with one attached hydrogen (secondary N) is 2. The summed E-state index contributed by atoms with van der Waals surface area (Å²) in [6.07, 6.45) is 0.0845. The molecule has 3 amide bonds. The van der Waals surface area contributed by atoms with Crippen LogP contribution >= 0.6 is 39.1 Å². The van der Waals surface area contributed by atoms with E-state index < -0.39 is 11.9 Å². The lowest BCUT2D eigenvalue weighted by Gasteiger charge is -2.08. The van der Waals surface area contributed by atoms with Crippen LogP contribution in [0.25, 0.3) is 0 Å². The third-order valence-corrected chi connectivity index (χ3v) is 2.76. The predicted octanol–water partition coefficient (Wildman–Crippen LogP) is 3.38. The Morgan fingerprint density at radius 3 is 2.71 bits per heavy atom. The first kappa shape index (κ1) is 14.3. The molecule has 0 aromatic heterocycles. The topological polar surface area (TPSA) is 58.2 Å². The van der Waals surface area contributed by atoms with Gasteiger partial charge in [0.1, 0.15) is 0 Å². The summed E-state index contributed by atoms with van der Waals surface area (Å²) >= 11 is 14.5. The Labute approximate surface area is 117 Å². The number of rotatable bonds is 3. The van der Waals surface area contributed by atoms with Crippen molar-refractivity contribution in [2.45, 2.75) is 6.42 Å². The fourth-order valence-electron chi connectivity index (χ4n) is 1.02. The molecule has 92 valence electrons. The maximum Gasteiger partial charge on any atom is 0.325 e. The minimum absolute atomic E-state index is 0.0845. The summed E-state index contributed by atoms with van der Waals surface area (Å²) in [4.78, 5) is 22.5. The number of halogens is 3. The number of hydrogen-bond acceptors (Lipinski definition) is 2. The molecule has 0 saturated carbocycles. The maximum atomic E-state index is 11.4. The molecule has 0 unspecified atom stereocenters. The second-order valence-corrected chi connectivity index (χ2v) is 4.77. The van der Waals surface area contributed by atoms with E-state index in [-0.39, 0.29) is 12.3 Å².